The highest BCUT2D eigenvalue weighted by molar-refractivity contribution is 7.99. The van der Waals surface area contributed by atoms with Crippen LogP contribution in [-0.4, -0.2) is 31.5 Å². The first-order valence-corrected chi connectivity index (χ1v) is 10.8. The smallest absolute Gasteiger partial charge is 0.236 e. The zero-order valence-electron chi connectivity index (χ0n) is 15.3. The Kier molecular flexibility index (Phi) is 5.98. The Bertz CT molecular complexity index is 1180. The molecule has 2 heterocycles. The third-order valence-corrected chi connectivity index (χ3v) is 5.94. The summed E-state index contributed by atoms with van der Waals surface area (Å²) in [6.07, 6.45) is 0. The fourth-order valence-electron chi connectivity index (χ4n) is 2.54. The van der Waals surface area contributed by atoms with Crippen molar-refractivity contribution in [2.24, 2.45) is 0 Å². The van der Waals surface area contributed by atoms with Crippen molar-refractivity contribution in [3.8, 4) is 22.6 Å². The molecule has 7 nitrogen and oxygen atoms in total. The first-order valence-electron chi connectivity index (χ1n) is 8.60. The maximum atomic E-state index is 13.0. The van der Waals surface area contributed by atoms with Crippen molar-refractivity contribution in [3.63, 3.8) is 0 Å². The number of nitrogens with zero attached hydrogens (tertiary/aromatic N) is 4. The number of rotatable bonds is 6. The Morgan fingerprint density at radius 2 is 1.83 bits per heavy atom. The topological polar surface area (TPSA) is 98.7 Å². The van der Waals surface area contributed by atoms with Crippen LogP contribution in [0.5, 0.6) is 0 Å². The maximum Gasteiger partial charge on any atom is 0.236 e. The van der Waals surface area contributed by atoms with Gasteiger partial charge in [0.05, 0.1) is 11.4 Å². The fraction of sp³-hybridized carbons (Fsp3) is 0.0526. The van der Waals surface area contributed by atoms with Crippen molar-refractivity contribution in [2.45, 2.75) is 5.16 Å². The van der Waals surface area contributed by atoms with Crippen LogP contribution in [0.15, 0.2) is 59.1 Å². The van der Waals surface area contributed by atoms with Crippen LogP contribution in [0.2, 0.25) is 5.02 Å². The van der Waals surface area contributed by atoms with Crippen molar-refractivity contribution in [1.82, 2.24) is 19.9 Å². The first kappa shape index (κ1) is 20.3. The molecule has 0 bridgehead atoms. The number of carbonyl (C=O) groups excluding carboxylic acids is 1. The van der Waals surface area contributed by atoms with E-state index in [-0.39, 0.29) is 17.5 Å². The summed E-state index contributed by atoms with van der Waals surface area (Å²) in [6.45, 7) is 0. The Hall–Kier alpha value is -2.95. The van der Waals surface area contributed by atoms with Gasteiger partial charge in [-0.05, 0) is 48.5 Å². The molecule has 0 fully saturated rings. The molecule has 4 aromatic rings. The number of nitrogens with one attached hydrogen (secondary N) is 1. The van der Waals surface area contributed by atoms with Crippen LogP contribution in [0, 0.1) is 5.82 Å². The standard InChI is InChI=1S/C19H14ClFN6OS2/c20-13-5-1-12(2-6-13)17-25-26-19(27(17)22)30-10-16(28)24-18-23-15(9-29-18)11-3-7-14(21)8-4-11/h1-9H,10,22H2,(H,23,24,28). The number of thioether (sulfide) groups is 1. The van der Waals surface area contributed by atoms with Gasteiger partial charge < -0.3 is 11.2 Å². The molecule has 2 aromatic heterocycles. The summed E-state index contributed by atoms with van der Waals surface area (Å²) in [5, 5.41) is 14.1. The number of nitrogen functional groups attached to an aromatic ring is 1. The molecule has 1 amide bonds. The second-order valence-corrected chi connectivity index (χ2v) is 8.30. The normalized spacial score (nSPS) is 10.9. The summed E-state index contributed by atoms with van der Waals surface area (Å²) in [7, 11) is 0. The molecule has 0 saturated carbocycles. The molecule has 11 heteroatoms. The number of benzene rings is 2. The van der Waals surface area contributed by atoms with E-state index in [0.29, 0.717) is 26.8 Å². The second-order valence-electron chi connectivity index (χ2n) is 6.06. The molecule has 30 heavy (non-hydrogen) atoms. The van der Waals surface area contributed by atoms with Crippen molar-refractivity contribution in [3.05, 3.63) is 64.8 Å². The zero-order valence-corrected chi connectivity index (χ0v) is 17.6. The van der Waals surface area contributed by atoms with Gasteiger partial charge in [-0.3, -0.25) is 4.79 Å². The van der Waals surface area contributed by atoms with Gasteiger partial charge in [-0.1, -0.05) is 23.4 Å². The van der Waals surface area contributed by atoms with Crippen molar-refractivity contribution >= 4 is 45.7 Å². The van der Waals surface area contributed by atoms with Crippen LogP contribution in [0.25, 0.3) is 22.6 Å². The van der Waals surface area contributed by atoms with Crippen molar-refractivity contribution in [2.75, 3.05) is 16.9 Å². The number of aromatic nitrogens is 4. The van der Waals surface area contributed by atoms with Gasteiger partial charge >= 0.3 is 0 Å². The van der Waals surface area contributed by atoms with Gasteiger partial charge in [-0.25, -0.2) is 14.1 Å². The Morgan fingerprint density at radius 1 is 1.13 bits per heavy atom. The van der Waals surface area contributed by atoms with Crippen molar-refractivity contribution in [1.29, 1.82) is 0 Å². The molecule has 0 atom stereocenters. The van der Waals surface area contributed by atoms with E-state index >= 15 is 0 Å². The molecule has 3 N–H and O–H groups in total. The van der Waals surface area contributed by atoms with E-state index in [1.807, 2.05) is 0 Å². The van der Waals surface area contributed by atoms with Gasteiger partial charge in [0.25, 0.3) is 0 Å². The molecule has 0 radical (unpaired) electrons. The number of thiazole rings is 1. The molecule has 4 rings (SSSR count). The molecular weight excluding hydrogens is 447 g/mol. The van der Waals surface area contributed by atoms with Crippen LogP contribution in [0.1, 0.15) is 0 Å². The second kappa shape index (κ2) is 8.82. The summed E-state index contributed by atoms with van der Waals surface area (Å²) in [6, 6.07) is 13.1. The number of hydrogen-bond acceptors (Lipinski definition) is 7. The van der Waals surface area contributed by atoms with Crippen LogP contribution in [0.3, 0.4) is 0 Å². The van der Waals surface area contributed by atoms with E-state index in [4.69, 9.17) is 17.4 Å². The van der Waals surface area contributed by atoms with Crippen LogP contribution < -0.4 is 11.2 Å². The molecular formula is C19H14ClFN6OS2. The highest BCUT2D eigenvalue weighted by atomic mass is 35.5. The van der Waals surface area contributed by atoms with Gasteiger partial charge in [-0.15, -0.1) is 21.5 Å². The minimum absolute atomic E-state index is 0.0847. The SMILES string of the molecule is Nn1c(SCC(=O)Nc2nc(-c3ccc(F)cc3)cs2)nnc1-c1ccc(Cl)cc1. The highest BCUT2D eigenvalue weighted by Crippen LogP contribution is 2.26. The average molecular weight is 461 g/mol. The lowest BCUT2D eigenvalue weighted by molar-refractivity contribution is -0.113. The molecule has 0 aliphatic carbocycles. The summed E-state index contributed by atoms with van der Waals surface area (Å²) < 4.78 is 14.4. The predicted octanol–water partition coefficient (Wildman–Crippen LogP) is 4.31. The van der Waals surface area contributed by atoms with Gasteiger partial charge in [0, 0.05) is 21.5 Å². The van der Waals surface area contributed by atoms with Gasteiger partial charge in [0.15, 0.2) is 11.0 Å². The highest BCUT2D eigenvalue weighted by Gasteiger charge is 2.15. The summed E-state index contributed by atoms with van der Waals surface area (Å²) in [5.41, 5.74) is 2.20. The summed E-state index contributed by atoms with van der Waals surface area (Å²) >= 11 is 8.34. The zero-order chi connectivity index (χ0) is 21.1. The monoisotopic (exact) mass is 460 g/mol. The van der Waals surface area contributed by atoms with Gasteiger partial charge in [0.2, 0.25) is 11.1 Å². The van der Waals surface area contributed by atoms with Crippen LogP contribution in [-0.2, 0) is 4.79 Å². The number of carbonyl (C=O) groups is 1. The van der Waals surface area contributed by atoms with E-state index in [1.165, 1.54) is 28.1 Å². The quantitative estimate of drug-likeness (QED) is 0.328. The molecule has 152 valence electrons. The van der Waals surface area contributed by atoms with Gasteiger partial charge in [0.1, 0.15) is 5.82 Å². The molecule has 0 unspecified atom stereocenters. The third-order valence-electron chi connectivity index (χ3n) is 3.99. The lowest BCUT2D eigenvalue weighted by Crippen LogP contribution is -2.16. The maximum absolute atomic E-state index is 13.0. The Balaban J connectivity index is 1.36. The number of anilines is 1. The number of halogens is 2. The Labute approximate surface area is 184 Å². The van der Waals surface area contributed by atoms with Gasteiger partial charge in [-0.2, -0.15) is 0 Å². The number of hydrogen-bond donors (Lipinski definition) is 2. The molecule has 0 spiro atoms. The summed E-state index contributed by atoms with van der Waals surface area (Å²) in [4.78, 5) is 16.6. The molecule has 0 aliphatic heterocycles. The minimum atomic E-state index is -0.313. The molecule has 2 aromatic carbocycles. The largest absolute Gasteiger partial charge is 0.335 e. The van der Waals surface area contributed by atoms with E-state index in [1.54, 1.807) is 41.8 Å². The van der Waals surface area contributed by atoms with E-state index in [0.717, 1.165) is 22.9 Å². The van der Waals surface area contributed by atoms with E-state index < -0.39 is 0 Å². The van der Waals surface area contributed by atoms with Crippen LogP contribution in [0.4, 0.5) is 9.52 Å². The lowest BCUT2D eigenvalue weighted by Gasteiger charge is -2.04. The fourth-order valence-corrected chi connectivity index (χ4v) is 4.06. The number of nitrogens with two attached hydrogens (primary N) is 1. The third kappa shape index (κ3) is 4.61. The molecule has 0 saturated heterocycles. The molecule has 0 aliphatic rings. The first-order chi connectivity index (χ1) is 14.5. The van der Waals surface area contributed by atoms with Crippen LogP contribution >= 0.6 is 34.7 Å². The van der Waals surface area contributed by atoms with Crippen molar-refractivity contribution < 1.29 is 9.18 Å². The Morgan fingerprint density at radius 3 is 2.57 bits per heavy atom. The minimum Gasteiger partial charge on any atom is -0.335 e. The van der Waals surface area contributed by atoms with E-state index in [2.05, 4.69) is 20.5 Å². The average Bonchev–Trinajstić information content (AvgIpc) is 3.34. The number of amides is 1. The predicted molar refractivity (Wildman–Crippen MR) is 117 cm³/mol. The van der Waals surface area contributed by atoms with E-state index in [9.17, 15) is 9.18 Å². The summed E-state index contributed by atoms with van der Waals surface area (Å²) in [5.74, 6) is 6.05. The lowest BCUT2D eigenvalue weighted by atomic mass is 10.2.